The molecule has 29 heavy (non-hydrogen) atoms. The predicted molar refractivity (Wildman–Crippen MR) is 108 cm³/mol. The van der Waals surface area contributed by atoms with E-state index < -0.39 is 24.5 Å². The van der Waals surface area contributed by atoms with Crippen LogP contribution in [0.25, 0.3) is 0 Å². The van der Waals surface area contributed by atoms with Crippen LogP contribution in [0.5, 0.6) is 5.75 Å². The van der Waals surface area contributed by atoms with Gasteiger partial charge < -0.3 is 14.2 Å². The zero-order chi connectivity index (χ0) is 21.2. The second kappa shape index (κ2) is 11.1. The molecule has 0 N–H and O–H groups in total. The van der Waals surface area contributed by atoms with Crippen LogP contribution in [0.15, 0.2) is 48.5 Å². The molecule has 0 radical (unpaired) electrons. The van der Waals surface area contributed by atoms with E-state index in [1.54, 1.807) is 62.4 Å². The normalized spacial score (nSPS) is 10.2. The lowest BCUT2D eigenvalue weighted by Gasteiger charge is -2.21. The second-order valence-corrected chi connectivity index (χ2v) is 6.42. The van der Waals surface area contributed by atoms with Crippen LogP contribution >= 0.6 is 11.6 Å². The molecule has 0 aliphatic carbocycles. The van der Waals surface area contributed by atoms with Crippen LogP contribution in [0.3, 0.4) is 0 Å². The Morgan fingerprint density at radius 2 is 1.69 bits per heavy atom. The van der Waals surface area contributed by atoms with Gasteiger partial charge in [0, 0.05) is 10.7 Å². The first-order valence-corrected chi connectivity index (χ1v) is 9.34. The zero-order valence-corrected chi connectivity index (χ0v) is 17.0. The van der Waals surface area contributed by atoms with Gasteiger partial charge in [0.05, 0.1) is 6.61 Å². The van der Waals surface area contributed by atoms with Gasteiger partial charge in [0.15, 0.2) is 13.2 Å². The molecule has 0 aliphatic rings. The van der Waals surface area contributed by atoms with E-state index >= 15 is 0 Å². The Hall–Kier alpha value is -3.06. The van der Waals surface area contributed by atoms with Crippen molar-refractivity contribution in [1.82, 2.24) is 0 Å². The van der Waals surface area contributed by atoms with Gasteiger partial charge >= 0.3 is 11.9 Å². The third-order valence-corrected chi connectivity index (χ3v) is 4.04. The molecule has 0 heterocycles. The molecule has 1 amide bonds. The number of para-hydroxylation sites is 1. The summed E-state index contributed by atoms with van der Waals surface area (Å²) in [5.41, 5.74) is 1.26. The van der Waals surface area contributed by atoms with Crippen LogP contribution in [-0.2, 0) is 23.9 Å². The minimum atomic E-state index is -0.711. The first-order valence-electron chi connectivity index (χ1n) is 8.96. The number of aryl methyl sites for hydroxylation is 1. The Balaban J connectivity index is 1.92. The van der Waals surface area contributed by atoms with Crippen LogP contribution in [0, 0.1) is 6.92 Å². The number of ether oxygens (including phenoxy) is 3. The van der Waals surface area contributed by atoms with Gasteiger partial charge in [0.25, 0.3) is 5.91 Å². The zero-order valence-electron chi connectivity index (χ0n) is 16.2. The van der Waals surface area contributed by atoms with Gasteiger partial charge in [-0.3, -0.25) is 14.5 Å². The predicted octanol–water partition coefficient (Wildman–Crippen LogP) is 3.17. The Labute approximate surface area is 174 Å². The van der Waals surface area contributed by atoms with Crippen molar-refractivity contribution < 1.29 is 28.6 Å². The van der Waals surface area contributed by atoms with E-state index in [2.05, 4.69) is 0 Å². The number of carbonyl (C=O) groups is 3. The molecule has 0 aromatic heterocycles. The molecule has 0 bridgehead atoms. The van der Waals surface area contributed by atoms with Crippen molar-refractivity contribution in [2.45, 2.75) is 13.8 Å². The highest BCUT2D eigenvalue weighted by molar-refractivity contribution is 6.30. The summed E-state index contributed by atoms with van der Waals surface area (Å²) in [5, 5.41) is 0.561. The number of hydrogen-bond donors (Lipinski definition) is 0. The molecule has 0 aliphatic heterocycles. The van der Waals surface area contributed by atoms with Crippen molar-refractivity contribution in [3.8, 4) is 5.75 Å². The first kappa shape index (κ1) is 22.2. The topological polar surface area (TPSA) is 82.1 Å². The van der Waals surface area contributed by atoms with E-state index in [9.17, 15) is 14.4 Å². The number of benzene rings is 2. The van der Waals surface area contributed by atoms with Gasteiger partial charge in [0.1, 0.15) is 12.3 Å². The highest BCUT2D eigenvalue weighted by atomic mass is 35.5. The summed E-state index contributed by atoms with van der Waals surface area (Å²) in [6, 6.07) is 13.6. The Bertz CT molecular complexity index is 856. The van der Waals surface area contributed by atoms with Gasteiger partial charge in [0.2, 0.25) is 0 Å². The van der Waals surface area contributed by atoms with Crippen molar-refractivity contribution in [2.75, 3.05) is 31.3 Å². The molecular weight excluding hydrogens is 398 g/mol. The molecule has 2 rings (SSSR count). The SMILES string of the molecule is CCOC(=O)CN(C(=O)COC(=O)COc1ccc(Cl)cc1C)c1ccccc1. The van der Waals surface area contributed by atoms with Crippen molar-refractivity contribution >= 4 is 35.1 Å². The van der Waals surface area contributed by atoms with Gasteiger partial charge in [-0.15, -0.1) is 0 Å². The van der Waals surface area contributed by atoms with E-state index in [0.717, 1.165) is 5.56 Å². The van der Waals surface area contributed by atoms with Crippen LogP contribution in [0.4, 0.5) is 5.69 Å². The van der Waals surface area contributed by atoms with Crippen LogP contribution in [-0.4, -0.2) is 44.2 Å². The lowest BCUT2D eigenvalue weighted by Crippen LogP contribution is -2.39. The summed E-state index contributed by atoms with van der Waals surface area (Å²) in [5.74, 6) is -1.33. The lowest BCUT2D eigenvalue weighted by molar-refractivity contribution is -0.150. The van der Waals surface area contributed by atoms with Crippen molar-refractivity contribution in [3.63, 3.8) is 0 Å². The molecule has 2 aromatic carbocycles. The average molecular weight is 420 g/mol. The largest absolute Gasteiger partial charge is 0.482 e. The number of hydrogen-bond acceptors (Lipinski definition) is 6. The van der Waals surface area contributed by atoms with Gasteiger partial charge in [-0.2, -0.15) is 0 Å². The summed E-state index contributed by atoms with van der Waals surface area (Å²) in [4.78, 5) is 37.5. The number of amides is 1. The van der Waals surface area contributed by atoms with E-state index in [0.29, 0.717) is 16.5 Å². The fraction of sp³-hybridized carbons (Fsp3) is 0.286. The number of esters is 2. The Morgan fingerprint density at radius 3 is 2.34 bits per heavy atom. The maximum atomic E-state index is 12.5. The molecule has 154 valence electrons. The maximum absolute atomic E-state index is 12.5. The average Bonchev–Trinajstić information content (AvgIpc) is 2.70. The van der Waals surface area contributed by atoms with Crippen LogP contribution < -0.4 is 9.64 Å². The summed E-state index contributed by atoms with van der Waals surface area (Å²) in [7, 11) is 0. The van der Waals surface area contributed by atoms with Crippen LogP contribution in [0.2, 0.25) is 5.02 Å². The van der Waals surface area contributed by atoms with E-state index in [1.807, 2.05) is 0 Å². The third-order valence-electron chi connectivity index (χ3n) is 3.80. The van der Waals surface area contributed by atoms with Gasteiger partial charge in [-0.05, 0) is 49.7 Å². The minimum absolute atomic E-state index is 0.200. The highest BCUT2D eigenvalue weighted by Crippen LogP contribution is 2.21. The summed E-state index contributed by atoms with van der Waals surface area (Å²) >= 11 is 5.88. The maximum Gasteiger partial charge on any atom is 0.344 e. The monoisotopic (exact) mass is 419 g/mol. The third kappa shape index (κ3) is 7.12. The van der Waals surface area contributed by atoms with Crippen molar-refractivity contribution in [2.24, 2.45) is 0 Å². The number of rotatable bonds is 9. The molecule has 8 heteroatoms. The molecule has 0 fully saturated rings. The summed E-state index contributed by atoms with van der Waals surface area (Å²) < 4.78 is 15.3. The van der Waals surface area contributed by atoms with Gasteiger partial charge in [-0.1, -0.05) is 29.8 Å². The molecule has 0 atom stereocenters. The molecule has 0 saturated heterocycles. The highest BCUT2D eigenvalue weighted by Gasteiger charge is 2.21. The van der Waals surface area contributed by atoms with E-state index in [-0.39, 0.29) is 19.8 Å². The van der Waals surface area contributed by atoms with E-state index in [1.165, 1.54) is 4.90 Å². The number of halogens is 1. The standard InChI is InChI=1S/C21H22ClNO6/c1-3-27-20(25)12-23(17-7-5-4-6-8-17)19(24)13-29-21(26)14-28-18-10-9-16(22)11-15(18)2/h4-11H,3,12-14H2,1-2H3. The number of nitrogens with zero attached hydrogens (tertiary/aromatic N) is 1. The smallest absolute Gasteiger partial charge is 0.344 e. The summed E-state index contributed by atoms with van der Waals surface area (Å²) in [6.07, 6.45) is 0. The second-order valence-electron chi connectivity index (χ2n) is 5.98. The van der Waals surface area contributed by atoms with Crippen LogP contribution in [0.1, 0.15) is 12.5 Å². The first-order chi connectivity index (χ1) is 13.9. The molecule has 2 aromatic rings. The lowest BCUT2D eigenvalue weighted by atomic mass is 10.2. The molecular formula is C21H22ClNO6. The Kier molecular flexibility index (Phi) is 8.48. The molecule has 0 spiro atoms. The number of anilines is 1. The fourth-order valence-corrected chi connectivity index (χ4v) is 2.67. The van der Waals surface area contributed by atoms with Gasteiger partial charge in [-0.25, -0.2) is 4.79 Å². The Morgan fingerprint density at radius 1 is 0.966 bits per heavy atom. The fourth-order valence-electron chi connectivity index (χ4n) is 2.44. The van der Waals surface area contributed by atoms with Crippen molar-refractivity contribution in [3.05, 3.63) is 59.1 Å². The van der Waals surface area contributed by atoms with Crippen molar-refractivity contribution in [1.29, 1.82) is 0 Å². The van der Waals surface area contributed by atoms with E-state index in [4.69, 9.17) is 25.8 Å². The number of carbonyl (C=O) groups excluding carboxylic acids is 3. The molecule has 0 saturated carbocycles. The quantitative estimate of drug-likeness (QED) is 0.580. The minimum Gasteiger partial charge on any atom is -0.482 e. The summed E-state index contributed by atoms with van der Waals surface area (Å²) in [6.45, 7) is 2.50. The molecule has 0 unspecified atom stereocenters. The molecule has 7 nitrogen and oxygen atoms in total.